The number of benzene rings is 1. The summed E-state index contributed by atoms with van der Waals surface area (Å²) in [6.07, 6.45) is 6.69. The highest BCUT2D eigenvalue weighted by Gasteiger charge is 2.23. The lowest BCUT2D eigenvalue weighted by molar-refractivity contribution is 0.375. The molecule has 0 amide bonds. The minimum absolute atomic E-state index is 0.615. The molecule has 1 atom stereocenters. The molecule has 0 radical (unpaired) electrons. The van der Waals surface area contributed by atoms with Crippen LogP contribution in [0.25, 0.3) is 0 Å². The van der Waals surface area contributed by atoms with Crippen molar-refractivity contribution in [3.05, 3.63) is 29.8 Å². The third-order valence-electron chi connectivity index (χ3n) is 3.93. The molecule has 1 aromatic rings. The minimum Gasteiger partial charge on any atom is -0.497 e. The van der Waals surface area contributed by atoms with Gasteiger partial charge in [0.25, 0.3) is 0 Å². The Hall–Kier alpha value is -1.02. The van der Waals surface area contributed by atoms with Gasteiger partial charge in [0, 0.05) is 6.04 Å². The zero-order valence-electron chi connectivity index (χ0n) is 10.9. The van der Waals surface area contributed by atoms with E-state index >= 15 is 0 Å². The first-order valence-electron chi connectivity index (χ1n) is 6.63. The fourth-order valence-electron chi connectivity index (χ4n) is 2.92. The van der Waals surface area contributed by atoms with E-state index in [4.69, 9.17) is 4.74 Å². The van der Waals surface area contributed by atoms with Crippen molar-refractivity contribution in [1.82, 2.24) is 5.32 Å². The van der Waals surface area contributed by atoms with Crippen LogP contribution in [0.2, 0.25) is 0 Å². The molecule has 0 spiro atoms. The molecule has 1 fully saturated rings. The van der Waals surface area contributed by atoms with E-state index < -0.39 is 0 Å². The highest BCUT2D eigenvalue weighted by molar-refractivity contribution is 5.29. The van der Waals surface area contributed by atoms with Crippen LogP contribution >= 0.6 is 0 Å². The van der Waals surface area contributed by atoms with Crippen molar-refractivity contribution in [2.45, 2.75) is 38.1 Å². The largest absolute Gasteiger partial charge is 0.497 e. The van der Waals surface area contributed by atoms with E-state index in [2.05, 4.69) is 30.6 Å². The third kappa shape index (κ3) is 3.22. The van der Waals surface area contributed by atoms with Gasteiger partial charge in [-0.05, 0) is 49.9 Å². The second kappa shape index (κ2) is 6.06. The molecule has 0 aliphatic heterocycles. The fourth-order valence-corrected chi connectivity index (χ4v) is 2.92. The molecule has 0 bridgehead atoms. The zero-order valence-corrected chi connectivity index (χ0v) is 10.9. The second-order valence-electron chi connectivity index (χ2n) is 5.00. The molecule has 1 aromatic carbocycles. The van der Waals surface area contributed by atoms with E-state index in [-0.39, 0.29) is 0 Å². The number of ether oxygens (including phenoxy) is 1. The van der Waals surface area contributed by atoms with E-state index in [9.17, 15) is 0 Å². The summed E-state index contributed by atoms with van der Waals surface area (Å²) >= 11 is 0. The van der Waals surface area contributed by atoms with E-state index in [1.54, 1.807) is 7.11 Å². The third-order valence-corrected chi connectivity index (χ3v) is 3.93. The molecule has 0 aromatic heterocycles. The van der Waals surface area contributed by atoms with Gasteiger partial charge < -0.3 is 10.1 Å². The quantitative estimate of drug-likeness (QED) is 0.844. The summed E-state index contributed by atoms with van der Waals surface area (Å²) in [4.78, 5) is 0. The van der Waals surface area contributed by atoms with E-state index in [0.29, 0.717) is 6.04 Å². The average molecular weight is 233 g/mol. The molecular formula is C15H23NO. The molecule has 2 heteroatoms. The number of hydrogen-bond donors (Lipinski definition) is 1. The SMILES string of the molecule is CNC(Cc1cccc(OC)c1)C1CCCC1. The standard InChI is InChI=1S/C15H23NO/c1-16-15(13-7-3-4-8-13)11-12-6-5-9-14(10-12)17-2/h5-6,9-10,13,15-16H,3-4,7-8,11H2,1-2H3. The number of rotatable bonds is 5. The van der Waals surface area contributed by atoms with Crippen LogP contribution in [-0.2, 0) is 6.42 Å². The maximum Gasteiger partial charge on any atom is 0.119 e. The van der Waals surface area contributed by atoms with Gasteiger partial charge in [0.05, 0.1) is 7.11 Å². The van der Waals surface area contributed by atoms with Crippen molar-refractivity contribution in [1.29, 1.82) is 0 Å². The lowest BCUT2D eigenvalue weighted by atomic mass is 9.92. The second-order valence-corrected chi connectivity index (χ2v) is 5.00. The Balaban J connectivity index is 2.01. The molecule has 1 saturated carbocycles. The Labute approximate surface area is 104 Å². The lowest BCUT2D eigenvalue weighted by Gasteiger charge is -2.23. The van der Waals surface area contributed by atoms with E-state index in [1.807, 2.05) is 6.07 Å². The summed E-state index contributed by atoms with van der Waals surface area (Å²) < 4.78 is 5.28. The molecule has 1 unspecified atom stereocenters. The molecule has 1 N–H and O–H groups in total. The van der Waals surface area contributed by atoms with Crippen molar-refractivity contribution < 1.29 is 4.74 Å². The number of methoxy groups -OCH3 is 1. The van der Waals surface area contributed by atoms with Crippen LogP contribution in [0.15, 0.2) is 24.3 Å². The van der Waals surface area contributed by atoms with Gasteiger partial charge in [-0.1, -0.05) is 25.0 Å². The van der Waals surface area contributed by atoms with Crippen LogP contribution in [0, 0.1) is 5.92 Å². The van der Waals surface area contributed by atoms with Gasteiger partial charge in [0.2, 0.25) is 0 Å². The molecule has 2 rings (SSSR count). The highest BCUT2D eigenvalue weighted by atomic mass is 16.5. The van der Waals surface area contributed by atoms with E-state index in [1.165, 1.54) is 31.2 Å². The van der Waals surface area contributed by atoms with Crippen LogP contribution in [0.5, 0.6) is 5.75 Å². The summed E-state index contributed by atoms with van der Waals surface area (Å²) in [5.41, 5.74) is 1.37. The first-order chi connectivity index (χ1) is 8.33. The van der Waals surface area contributed by atoms with Gasteiger partial charge >= 0.3 is 0 Å². The normalized spacial score (nSPS) is 18.2. The Kier molecular flexibility index (Phi) is 4.43. The molecule has 2 nitrogen and oxygen atoms in total. The first kappa shape index (κ1) is 12.4. The van der Waals surface area contributed by atoms with Crippen molar-refractivity contribution in [2.24, 2.45) is 5.92 Å². The molecular weight excluding hydrogens is 210 g/mol. The fraction of sp³-hybridized carbons (Fsp3) is 0.600. The maximum absolute atomic E-state index is 5.28. The van der Waals surface area contributed by atoms with Crippen LogP contribution < -0.4 is 10.1 Å². The average Bonchev–Trinajstić information content (AvgIpc) is 2.90. The van der Waals surface area contributed by atoms with Crippen LogP contribution in [0.4, 0.5) is 0 Å². The van der Waals surface area contributed by atoms with Crippen LogP contribution in [0.1, 0.15) is 31.2 Å². The van der Waals surface area contributed by atoms with Crippen LogP contribution in [0.3, 0.4) is 0 Å². The van der Waals surface area contributed by atoms with Crippen molar-refractivity contribution >= 4 is 0 Å². The Morgan fingerprint density at radius 1 is 1.35 bits per heavy atom. The number of nitrogens with one attached hydrogen (secondary N) is 1. The van der Waals surface area contributed by atoms with Gasteiger partial charge in [-0.2, -0.15) is 0 Å². The summed E-state index contributed by atoms with van der Waals surface area (Å²) in [5.74, 6) is 1.81. The summed E-state index contributed by atoms with van der Waals surface area (Å²) in [5, 5.41) is 3.49. The molecule has 1 aliphatic carbocycles. The maximum atomic E-state index is 5.28. The predicted octanol–water partition coefficient (Wildman–Crippen LogP) is 3.02. The summed E-state index contributed by atoms with van der Waals surface area (Å²) in [6.45, 7) is 0. The molecule has 17 heavy (non-hydrogen) atoms. The topological polar surface area (TPSA) is 21.3 Å². The Bertz CT molecular complexity index is 345. The van der Waals surface area contributed by atoms with Gasteiger partial charge in [0.15, 0.2) is 0 Å². The zero-order chi connectivity index (χ0) is 12.1. The Morgan fingerprint density at radius 3 is 2.76 bits per heavy atom. The van der Waals surface area contributed by atoms with Crippen molar-refractivity contribution in [3.8, 4) is 5.75 Å². The first-order valence-corrected chi connectivity index (χ1v) is 6.63. The van der Waals surface area contributed by atoms with Gasteiger partial charge in [0.1, 0.15) is 5.75 Å². The van der Waals surface area contributed by atoms with Gasteiger partial charge in [-0.15, -0.1) is 0 Å². The molecule has 0 heterocycles. The monoisotopic (exact) mass is 233 g/mol. The minimum atomic E-state index is 0.615. The van der Waals surface area contributed by atoms with Gasteiger partial charge in [-0.3, -0.25) is 0 Å². The number of hydrogen-bond acceptors (Lipinski definition) is 2. The van der Waals surface area contributed by atoms with Crippen molar-refractivity contribution in [2.75, 3.05) is 14.2 Å². The summed E-state index contributed by atoms with van der Waals surface area (Å²) in [7, 11) is 3.81. The summed E-state index contributed by atoms with van der Waals surface area (Å²) in [6, 6.07) is 9.05. The molecule has 94 valence electrons. The van der Waals surface area contributed by atoms with Crippen LogP contribution in [-0.4, -0.2) is 20.2 Å². The highest BCUT2D eigenvalue weighted by Crippen LogP contribution is 2.29. The Morgan fingerprint density at radius 2 is 2.12 bits per heavy atom. The lowest BCUT2D eigenvalue weighted by Crippen LogP contribution is -2.34. The smallest absolute Gasteiger partial charge is 0.119 e. The number of likely N-dealkylation sites (N-methyl/N-ethyl adjacent to an activating group) is 1. The predicted molar refractivity (Wildman–Crippen MR) is 71.5 cm³/mol. The molecule has 0 saturated heterocycles. The van der Waals surface area contributed by atoms with Gasteiger partial charge in [-0.25, -0.2) is 0 Å². The molecule has 1 aliphatic rings. The van der Waals surface area contributed by atoms with E-state index in [0.717, 1.165) is 18.1 Å². The van der Waals surface area contributed by atoms with Crippen molar-refractivity contribution in [3.63, 3.8) is 0 Å².